The van der Waals surface area contributed by atoms with Crippen molar-refractivity contribution in [2.45, 2.75) is 45.6 Å². The summed E-state index contributed by atoms with van der Waals surface area (Å²) in [7, 11) is 0. The summed E-state index contributed by atoms with van der Waals surface area (Å²) in [5.74, 6) is 1.29. The molecule has 0 radical (unpaired) electrons. The van der Waals surface area contributed by atoms with Crippen LogP contribution in [-0.4, -0.2) is 58.3 Å². The summed E-state index contributed by atoms with van der Waals surface area (Å²) in [5.41, 5.74) is 2.79. The van der Waals surface area contributed by atoms with Crippen LogP contribution in [0.1, 0.15) is 56.0 Å². The number of fused-ring (bicyclic) bond motifs is 1. The number of piperazine rings is 1. The largest absolute Gasteiger partial charge is 0.387 e. The van der Waals surface area contributed by atoms with Gasteiger partial charge in [0.1, 0.15) is 12.1 Å². The number of hydrogen-bond acceptors (Lipinski definition) is 6. The molecule has 1 saturated heterocycles. The number of aliphatic hydroxyl groups excluding tert-OH is 1. The number of carbonyl (C=O) groups is 1. The van der Waals surface area contributed by atoms with Crippen molar-refractivity contribution in [1.82, 2.24) is 14.9 Å². The highest BCUT2D eigenvalue weighted by molar-refractivity contribution is 7.79. The van der Waals surface area contributed by atoms with Crippen LogP contribution in [0.4, 0.5) is 5.82 Å². The molecular weight excluding hydrogens is 432 g/mol. The zero-order valence-corrected chi connectivity index (χ0v) is 20.4. The third-order valence-electron chi connectivity index (χ3n) is 5.48. The molecule has 6 nitrogen and oxygen atoms in total. The van der Waals surface area contributed by atoms with Gasteiger partial charge in [-0.2, -0.15) is 12.6 Å². The second-order valence-corrected chi connectivity index (χ2v) is 7.76. The van der Waals surface area contributed by atoms with Gasteiger partial charge in [0.15, 0.2) is 0 Å². The van der Waals surface area contributed by atoms with E-state index in [4.69, 9.17) is 11.6 Å². The standard InChI is InChI=1S/C20H23ClN4O2.C2H6.CH4S/c1-13-10-16(26)19-18(13)20(23-12-22-19)25-8-6-24(7-9-25)17(27)11-14-2-4-15(21)5-3-14;2*1-2/h2-5,12-13,16,26H,6-11H2,1H3;1-2H3;2H,1H3/t13-,16?;;/m1../s1. The van der Waals surface area contributed by atoms with Gasteiger partial charge in [-0.05, 0) is 36.3 Å². The van der Waals surface area contributed by atoms with Crippen LogP contribution < -0.4 is 4.90 Å². The number of thiol groups is 1. The van der Waals surface area contributed by atoms with Crippen LogP contribution in [0, 0.1) is 0 Å². The van der Waals surface area contributed by atoms with Crippen LogP contribution in [-0.2, 0) is 11.2 Å². The lowest BCUT2D eigenvalue weighted by atomic mass is 10.1. The molecule has 0 spiro atoms. The van der Waals surface area contributed by atoms with Gasteiger partial charge in [0.05, 0.1) is 18.2 Å². The Labute approximate surface area is 196 Å². The minimum absolute atomic E-state index is 0.133. The molecule has 2 aliphatic rings. The van der Waals surface area contributed by atoms with Gasteiger partial charge >= 0.3 is 0 Å². The Balaban J connectivity index is 0.000000807. The number of anilines is 1. The fraction of sp³-hybridized carbons (Fsp3) is 0.522. The molecule has 1 unspecified atom stereocenters. The molecule has 0 saturated carbocycles. The summed E-state index contributed by atoms with van der Waals surface area (Å²) in [5, 5.41) is 10.9. The molecule has 8 heteroatoms. The molecule has 1 N–H and O–H groups in total. The number of nitrogens with zero attached hydrogens (tertiary/aromatic N) is 4. The maximum absolute atomic E-state index is 12.6. The zero-order valence-electron chi connectivity index (χ0n) is 18.8. The van der Waals surface area contributed by atoms with Crippen molar-refractivity contribution in [2.24, 2.45) is 0 Å². The monoisotopic (exact) mass is 464 g/mol. The van der Waals surface area contributed by atoms with Gasteiger partial charge in [-0.1, -0.05) is 44.5 Å². The fourth-order valence-electron chi connectivity index (χ4n) is 4.01. The van der Waals surface area contributed by atoms with E-state index in [1.807, 2.05) is 43.0 Å². The lowest BCUT2D eigenvalue weighted by Crippen LogP contribution is -2.49. The predicted molar refractivity (Wildman–Crippen MR) is 130 cm³/mol. The highest BCUT2D eigenvalue weighted by Gasteiger charge is 2.33. The first kappa shape index (κ1) is 25.4. The molecule has 1 aromatic heterocycles. The summed E-state index contributed by atoms with van der Waals surface area (Å²) in [4.78, 5) is 25.5. The van der Waals surface area contributed by atoms with Gasteiger partial charge in [0.25, 0.3) is 0 Å². The van der Waals surface area contributed by atoms with Crippen LogP contribution in [0.15, 0.2) is 30.6 Å². The third kappa shape index (κ3) is 6.11. The number of aromatic nitrogens is 2. The molecule has 1 aromatic carbocycles. The van der Waals surface area contributed by atoms with Crippen molar-refractivity contribution >= 4 is 36.0 Å². The molecule has 1 aliphatic carbocycles. The number of hydrogen-bond donors (Lipinski definition) is 2. The Kier molecular flexibility index (Phi) is 10.1. The Bertz CT molecular complexity index is 842. The van der Waals surface area contributed by atoms with E-state index >= 15 is 0 Å². The maximum Gasteiger partial charge on any atom is 0.227 e. The Morgan fingerprint density at radius 1 is 1.13 bits per heavy atom. The van der Waals surface area contributed by atoms with Gasteiger partial charge in [-0.25, -0.2) is 9.97 Å². The number of carbonyl (C=O) groups excluding carboxylic acids is 1. The Morgan fingerprint density at radius 2 is 1.74 bits per heavy atom. The van der Waals surface area contributed by atoms with E-state index in [0.29, 0.717) is 31.0 Å². The van der Waals surface area contributed by atoms with Gasteiger partial charge in [-0.15, -0.1) is 0 Å². The van der Waals surface area contributed by atoms with Crippen molar-refractivity contribution in [2.75, 3.05) is 37.3 Å². The summed E-state index contributed by atoms with van der Waals surface area (Å²) in [6.45, 7) is 8.91. The maximum atomic E-state index is 12.6. The molecule has 31 heavy (non-hydrogen) atoms. The summed E-state index contributed by atoms with van der Waals surface area (Å²) in [6, 6.07) is 7.42. The lowest BCUT2D eigenvalue weighted by Gasteiger charge is -2.36. The first-order valence-corrected chi connectivity index (χ1v) is 12.0. The van der Waals surface area contributed by atoms with Crippen LogP contribution in [0.2, 0.25) is 5.02 Å². The summed E-state index contributed by atoms with van der Waals surface area (Å²) < 4.78 is 0. The van der Waals surface area contributed by atoms with Gasteiger partial charge < -0.3 is 14.9 Å². The third-order valence-corrected chi connectivity index (χ3v) is 5.73. The van der Waals surface area contributed by atoms with E-state index in [0.717, 1.165) is 35.7 Å². The van der Waals surface area contributed by atoms with Gasteiger partial charge in [0, 0.05) is 36.8 Å². The first-order valence-electron chi connectivity index (χ1n) is 10.8. The molecule has 2 aromatic rings. The fourth-order valence-corrected chi connectivity index (χ4v) is 4.14. The molecule has 2 heterocycles. The normalized spacial score (nSPS) is 19.6. The number of amides is 1. The number of halogens is 1. The summed E-state index contributed by atoms with van der Waals surface area (Å²) in [6.07, 6.45) is 3.82. The van der Waals surface area contributed by atoms with Crippen LogP contribution in [0.25, 0.3) is 0 Å². The second kappa shape index (κ2) is 12.3. The second-order valence-electron chi connectivity index (χ2n) is 7.32. The molecule has 1 aliphatic heterocycles. The smallest absolute Gasteiger partial charge is 0.227 e. The number of benzene rings is 1. The highest BCUT2D eigenvalue weighted by atomic mass is 35.5. The number of rotatable bonds is 3. The van der Waals surface area contributed by atoms with Crippen molar-refractivity contribution < 1.29 is 9.90 Å². The van der Waals surface area contributed by atoms with E-state index in [1.54, 1.807) is 6.26 Å². The molecule has 4 rings (SSSR count). The molecular formula is C23H33ClN4O2S. The molecule has 0 bridgehead atoms. The van der Waals surface area contributed by atoms with Crippen LogP contribution in [0.5, 0.6) is 0 Å². The lowest BCUT2D eigenvalue weighted by molar-refractivity contribution is -0.130. The van der Waals surface area contributed by atoms with E-state index in [-0.39, 0.29) is 11.8 Å². The van der Waals surface area contributed by atoms with E-state index < -0.39 is 6.10 Å². The summed E-state index contributed by atoms with van der Waals surface area (Å²) >= 11 is 9.43. The predicted octanol–water partition coefficient (Wildman–Crippen LogP) is 4.13. The van der Waals surface area contributed by atoms with E-state index in [9.17, 15) is 9.90 Å². The minimum atomic E-state index is -0.501. The zero-order chi connectivity index (χ0) is 23.0. The molecule has 1 fully saturated rings. The quantitative estimate of drug-likeness (QED) is 0.668. The van der Waals surface area contributed by atoms with Crippen molar-refractivity contribution in [3.05, 3.63) is 52.4 Å². The average Bonchev–Trinajstić information content (AvgIpc) is 3.12. The van der Waals surface area contributed by atoms with Gasteiger partial charge in [0.2, 0.25) is 5.91 Å². The van der Waals surface area contributed by atoms with Crippen LogP contribution in [0.3, 0.4) is 0 Å². The Hall–Kier alpha value is -1.83. The molecule has 2 atom stereocenters. The number of aliphatic hydroxyl groups is 1. The molecule has 1 amide bonds. The van der Waals surface area contributed by atoms with Crippen molar-refractivity contribution in [3.8, 4) is 0 Å². The topological polar surface area (TPSA) is 69.6 Å². The molecule has 170 valence electrons. The van der Waals surface area contributed by atoms with Crippen LogP contribution >= 0.6 is 24.2 Å². The SMILES string of the molecule is CC.CS.C[C@@H]1CC(O)c2ncnc(N3CCN(C(=O)Cc4ccc(Cl)cc4)CC3)c21. The average molecular weight is 465 g/mol. The van der Waals surface area contributed by atoms with E-state index in [1.165, 1.54) is 6.33 Å². The Morgan fingerprint density at radius 3 is 2.35 bits per heavy atom. The first-order chi connectivity index (χ1) is 15.0. The highest BCUT2D eigenvalue weighted by Crippen LogP contribution is 2.42. The van der Waals surface area contributed by atoms with Gasteiger partial charge in [-0.3, -0.25) is 4.79 Å². The van der Waals surface area contributed by atoms with Crippen molar-refractivity contribution in [3.63, 3.8) is 0 Å². The van der Waals surface area contributed by atoms with E-state index in [2.05, 4.69) is 34.4 Å². The van der Waals surface area contributed by atoms with Crippen molar-refractivity contribution in [1.29, 1.82) is 0 Å². The minimum Gasteiger partial charge on any atom is -0.387 e.